The maximum Gasteiger partial charge on any atom is 0.255 e. The van der Waals surface area contributed by atoms with Gasteiger partial charge in [0.05, 0.1) is 10.2 Å². The van der Waals surface area contributed by atoms with Gasteiger partial charge in [0.25, 0.3) is 5.91 Å². The molecule has 2 aromatic rings. The second-order valence-electron chi connectivity index (χ2n) is 3.88. The topological polar surface area (TPSA) is 54.0 Å². The minimum Gasteiger partial charge on any atom is -0.373 e. The Kier molecular flexibility index (Phi) is 4.29. The van der Waals surface area contributed by atoms with E-state index in [2.05, 4.69) is 31.5 Å². The normalized spacial score (nSPS) is 10.2. The maximum absolute atomic E-state index is 13.6. The molecule has 0 aliphatic heterocycles. The first-order valence-corrected chi connectivity index (χ1v) is 6.40. The van der Waals surface area contributed by atoms with E-state index >= 15 is 0 Å². The second kappa shape index (κ2) is 5.96. The van der Waals surface area contributed by atoms with Crippen LogP contribution in [0.3, 0.4) is 0 Å². The summed E-state index contributed by atoms with van der Waals surface area (Å²) in [6, 6.07) is 4.85. The van der Waals surface area contributed by atoms with Gasteiger partial charge in [-0.1, -0.05) is 0 Å². The fourth-order valence-corrected chi connectivity index (χ4v) is 1.84. The van der Waals surface area contributed by atoms with E-state index in [9.17, 15) is 13.6 Å². The molecule has 2 N–H and O–H groups in total. The number of hydrogen-bond acceptors (Lipinski definition) is 3. The monoisotopic (exact) mass is 341 g/mol. The van der Waals surface area contributed by atoms with Crippen molar-refractivity contribution in [2.75, 3.05) is 17.7 Å². The van der Waals surface area contributed by atoms with Crippen molar-refractivity contribution in [3.63, 3.8) is 0 Å². The molecular weight excluding hydrogens is 332 g/mol. The molecular formula is C13H10BrF2N3O. The molecule has 0 radical (unpaired) electrons. The molecule has 0 saturated carbocycles. The molecule has 1 aromatic carbocycles. The summed E-state index contributed by atoms with van der Waals surface area (Å²) in [5, 5.41) is 5.10. The van der Waals surface area contributed by atoms with Gasteiger partial charge in [-0.05, 0) is 34.1 Å². The zero-order valence-corrected chi connectivity index (χ0v) is 12.0. The first-order valence-electron chi connectivity index (χ1n) is 5.61. The predicted molar refractivity (Wildman–Crippen MR) is 75.8 cm³/mol. The SMILES string of the molecule is CNc1cc(C(=O)Nc2cc(F)c(Br)cc2F)ccn1. The number of halogens is 3. The van der Waals surface area contributed by atoms with E-state index < -0.39 is 17.5 Å². The molecule has 2 rings (SSSR count). The van der Waals surface area contributed by atoms with Gasteiger partial charge in [-0.25, -0.2) is 13.8 Å². The Hall–Kier alpha value is -2.02. The van der Waals surface area contributed by atoms with Crippen molar-refractivity contribution in [1.29, 1.82) is 0 Å². The zero-order valence-electron chi connectivity index (χ0n) is 10.4. The minimum atomic E-state index is -0.727. The Labute approximate surface area is 122 Å². The third kappa shape index (κ3) is 3.11. The summed E-state index contributed by atoms with van der Waals surface area (Å²) in [5.74, 6) is -1.44. The number of amides is 1. The molecule has 20 heavy (non-hydrogen) atoms. The number of rotatable bonds is 3. The molecule has 1 amide bonds. The number of pyridine rings is 1. The lowest BCUT2D eigenvalue weighted by atomic mass is 10.2. The Morgan fingerprint density at radius 3 is 2.70 bits per heavy atom. The van der Waals surface area contributed by atoms with E-state index in [0.717, 1.165) is 12.1 Å². The van der Waals surface area contributed by atoms with Gasteiger partial charge in [-0.15, -0.1) is 0 Å². The smallest absolute Gasteiger partial charge is 0.255 e. The highest BCUT2D eigenvalue weighted by Gasteiger charge is 2.13. The summed E-state index contributed by atoms with van der Waals surface area (Å²) in [4.78, 5) is 15.9. The largest absolute Gasteiger partial charge is 0.373 e. The van der Waals surface area contributed by atoms with Gasteiger partial charge in [-0.3, -0.25) is 4.79 Å². The van der Waals surface area contributed by atoms with Crippen molar-refractivity contribution in [1.82, 2.24) is 4.98 Å². The second-order valence-corrected chi connectivity index (χ2v) is 4.73. The van der Waals surface area contributed by atoms with Crippen LogP contribution in [0.4, 0.5) is 20.3 Å². The summed E-state index contributed by atoms with van der Waals surface area (Å²) in [6.45, 7) is 0. The molecule has 0 saturated heterocycles. The third-order valence-electron chi connectivity index (χ3n) is 2.54. The van der Waals surface area contributed by atoms with E-state index in [1.54, 1.807) is 7.05 Å². The molecule has 1 heterocycles. The van der Waals surface area contributed by atoms with E-state index in [1.165, 1.54) is 18.3 Å². The number of benzene rings is 1. The van der Waals surface area contributed by atoms with Crippen molar-refractivity contribution in [3.8, 4) is 0 Å². The summed E-state index contributed by atoms with van der Waals surface area (Å²) < 4.78 is 27.0. The number of nitrogens with one attached hydrogen (secondary N) is 2. The first-order chi connectivity index (χ1) is 9.51. The highest BCUT2D eigenvalue weighted by Crippen LogP contribution is 2.23. The van der Waals surface area contributed by atoms with Crippen molar-refractivity contribution in [3.05, 3.63) is 52.1 Å². The van der Waals surface area contributed by atoms with Crippen LogP contribution in [0.5, 0.6) is 0 Å². The van der Waals surface area contributed by atoms with E-state index in [1.807, 2.05) is 0 Å². The highest BCUT2D eigenvalue weighted by molar-refractivity contribution is 9.10. The van der Waals surface area contributed by atoms with E-state index in [0.29, 0.717) is 5.82 Å². The van der Waals surface area contributed by atoms with Gasteiger partial charge < -0.3 is 10.6 Å². The van der Waals surface area contributed by atoms with E-state index in [4.69, 9.17) is 0 Å². The van der Waals surface area contributed by atoms with Crippen molar-refractivity contribution in [2.24, 2.45) is 0 Å². The quantitative estimate of drug-likeness (QED) is 0.841. The summed E-state index contributed by atoms with van der Waals surface area (Å²) in [6.07, 6.45) is 1.44. The summed E-state index contributed by atoms with van der Waals surface area (Å²) >= 11 is 2.87. The van der Waals surface area contributed by atoms with Gasteiger partial charge in [0, 0.05) is 24.9 Å². The molecule has 0 aliphatic rings. The van der Waals surface area contributed by atoms with Crippen LogP contribution in [0.15, 0.2) is 34.9 Å². The molecule has 0 fully saturated rings. The van der Waals surface area contributed by atoms with Gasteiger partial charge in [0.2, 0.25) is 0 Å². The Morgan fingerprint density at radius 1 is 1.25 bits per heavy atom. The number of anilines is 2. The fraction of sp³-hybridized carbons (Fsp3) is 0.0769. The van der Waals surface area contributed by atoms with Crippen LogP contribution >= 0.6 is 15.9 Å². The van der Waals surface area contributed by atoms with Crippen LogP contribution in [-0.4, -0.2) is 17.9 Å². The van der Waals surface area contributed by atoms with Gasteiger partial charge >= 0.3 is 0 Å². The summed E-state index contributed by atoms with van der Waals surface area (Å²) in [5.41, 5.74) is 0.0607. The average molecular weight is 342 g/mol. The fourth-order valence-electron chi connectivity index (χ4n) is 1.52. The molecule has 0 bridgehead atoms. The lowest BCUT2D eigenvalue weighted by molar-refractivity contribution is 0.102. The van der Waals surface area contributed by atoms with Crippen molar-refractivity contribution in [2.45, 2.75) is 0 Å². The van der Waals surface area contributed by atoms with Gasteiger partial charge in [0.15, 0.2) is 0 Å². The molecule has 7 heteroatoms. The lowest BCUT2D eigenvalue weighted by Gasteiger charge is -2.08. The van der Waals surface area contributed by atoms with Crippen LogP contribution in [-0.2, 0) is 0 Å². The minimum absolute atomic E-state index is 0.00520. The number of nitrogens with zero attached hydrogens (tertiary/aromatic N) is 1. The molecule has 0 unspecified atom stereocenters. The molecule has 4 nitrogen and oxygen atoms in total. The van der Waals surface area contributed by atoms with Crippen LogP contribution in [0.25, 0.3) is 0 Å². The van der Waals surface area contributed by atoms with Crippen molar-refractivity contribution >= 4 is 33.3 Å². The standard InChI is InChI=1S/C13H10BrF2N3O/c1-17-12-4-7(2-3-18-12)13(20)19-11-6-9(15)8(14)5-10(11)16/h2-6H,1H3,(H,17,18)(H,19,20). The molecule has 1 aromatic heterocycles. The van der Waals surface area contributed by atoms with E-state index in [-0.39, 0.29) is 15.7 Å². The average Bonchev–Trinajstić information content (AvgIpc) is 2.44. The van der Waals surface area contributed by atoms with Crippen LogP contribution in [0.2, 0.25) is 0 Å². The number of aromatic nitrogens is 1. The van der Waals surface area contributed by atoms with Gasteiger partial charge in [-0.2, -0.15) is 0 Å². The Bertz CT molecular complexity index is 664. The highest BCUT2D eigenvalue weighted by atomic mass is 79.9. The zero-order chi connectivity index (χ0) is 14.7. The molecule has 0 spiro atoms. The number of hydrogen-bond donors (Lipinski definition) is 2. The Morgan fingerprint density at radius 2 is 2.00 bits per heavy atom. The summed E-state index contributed by atoms with van der Waals surface area (Å²) in [7, 11) is 1.66. The van der Waals surface area contributed by atoms with Crippen molar-refractivity contribution < 1.29 is 13.6 Å². The first kappa shape index (κ1) is 14.4. The third-order valence-corrected chi connectivity index (χ3v) is 3.14. The maximum atomic E-state index is 13.6. The van der Waals surface area contributed by atoms with Gasteiger partial charge in [0.1, 0.15) is 17.5 Å². The predicted octanol–water partition coefficient (Wildman–Crippen LogP) is 3.42. The number of carbonyl (C=O) groups excluding carboxylic acids is 1. The lowest BCUT2D eigenvalue weighted by Crippen LogP contribution is -2.13. The van der Waals surface area contributed by atoms with Crippen LogP contribution in [0.1, 0.15) is 10.4 Å². The molecule has 0 aliphatic carbocycles. The Balaban J connectivity index is 2.25. The number of carbonyl (C=O) groups is 1. The van der Waals surface area contributed by atoms with Crippen LogP contribution in [0, 0.1) is 11.6 Å². The molecule has 0 atom stereocenters. The molecule has 104 valence electrons. The van der Waals surface area contributed by atoms with Crippen LogP contribution < -0.4 is 10.6 Å².